The number of nitrogens with zero attached hydrogens (tertiary/aromatic N) is 1. The Morgan fingerprint density at radius 1 is 1.12 bits per heavy atom. The number of aryl methyl sites for hydroxylation is 1. The normalized spacial score (nSPS) is 12.1. The molecule has 0 unspecified atom stereocenters. The third-order valence-electron chi connectivity index (χ3n) is 4.35. The topological polar surface area (TPSA) is 102 Å². The molecule has 3 N–H and O–H groups in total. The van der Waals surface area contributed by atoms with E-state index in [1.165, 1.54) is 31.7 Å². The van der Waals surface area contributed by atoms with E-state index in [4.69, 9.17) is 5.73 Å². The number of nitrogens with two attached hydrogens (primary N) is 1. The van der Waals surface area contributed by atoms with Crippen molar-refractivity contribution in [3.05, 3.63) is 83.0 Å². The summed E-state index contributed by atoms with van der Waals surface area (Å²) in [5, 5.41) is 2.77. The van der Waals surface area contributed by atoms with E-state index in [1.54, 1.807) is 19.1 Å². The first kappa shape index (κ1) is 28.5. The van der Waals surface area contributed by atoms with Gasteiger partial charge in [0.25, 0.3) is 5.91 Å². The second kappa shape index (κ2) is 15.3. The standard InChI is InChI=1S/C24H29N3O3.C2H6/c1-6-20(23(25)29)12-9-17(3)22(26-5)15-21(18(4)28)24(30)27-14-13-19-10-7-16(2)8-11-19;1-2/h6-12,15H,3,13-14H2,1-2,4-5H3,(H2,25,29)(H,27,30);1-2H3/b12-9-,20-6+,21-15+,26-22?;. The summed E-state index contributed by atoms with van der Waals surface area (Å²) in [6, 6.07) is 8.04. The van der Waals surface area contributed by atoms with Gasteiger partial charge in [-0.05, 0) is 50.5 Å². The molecule has 32 heavy (non-hydrogen) atoms. The Morgan fingerprint density at radius 3 is 2.19 bits per heavy atom. The van der Waals surface area contributed by atoms with Crippen LogP contribution in [0.25, 0.3) is 0 Å². The third kappa shape index (κ3) is 9.98. The molecule has 0 radical (unpaired) electrons. The number of allylic oxidation sites excluding steroid dienone is 4. The number of primary amides is 1. The number of ketones is 1. The van der Waals surface area contributed by atoms with Gasteiger partial charge in [-0.15, -0.1) is 0 Å². The molecule has 0 aromatic heterocycles. The van der Waals surface area contributed by atoms with Gasteiger partial charge in [-0.25, -0.2) is 0 Å². The average Bonchev–Trinajstić information content (AvgIpc) is 2.77. The Bertz CT molecular complexity index is 934. The molecule has 0 aliphatic heterocycles. The van der Waals surface area contributed by atoms with Gasteiger partial charge >= 0.3 is 0 Å². The molecule has 0 aliphatic rings. The first-order chi connectivity index (χ1) is 15.2. The molecule has 0 atom stereocenters. The average molecular weight is 438 g/mol. The minimum atomic E-state index is -0.565. The van der Waals surface area contributed by atoms with E-state index in [-0.39, 0.29) is 11.4 Å². The van der Waals surface area contributed by atoms with Gasteiger partial charge in [0, 0.05) is 19.2 Å². The van der Waals surface area contributed by atoms with Crippen molar-refractivity contribution in [3.63, 3.8) is 0 Å². The second-order valence-corrected chi connectivity index (χ2v) is 6.68. The minimum Gasteiger partial charge on any atom is -0.366 e. The number of carbonyl (C=O) groups excluding carboxylic acids is 3. The van der Waals surface area contributed by atoms with E-state index in [0.29, 0.717) is 29.8 Å². The third-order valence-corrected chi connectivity index (χ3v) is 4.35. The van der Waals surface area contributed by atoms with Crippen molar-refractivity contribution in [2.45, 2.75) is 41.0 Å². The highest BCUT2D eigenvalue weighted by Gasteiger charge is 2.15. The van der Waals surface area contributed by atoms with E-state index in [2.05, 4.69) is 16.9 Å². The highest BCUT2D eigenvalue weighted by atomic mass is 16.2. The van der Waals surface area contributed by atoms with Crippen molar-refractivity contribution >= 4 is 23.3 Å². The maximum absolute atomic E-state index is 12.5. The summed E-state index contributed by atoms with van der Waals surface area (Å²) in [6.45, 7) is 13.3. The highest BCUT2D eigenvalue weighted by molar-refractivity contribution is 6.24. The monoisotopic (exact) mass is 437 g/mol. The molecule has 1 aromatic carbocycles. The Kier molecular flexibility index (Phi) is 13.6. The Hall–Kier alpha value is -3.54. The van der Waals surface area contributed by atoms with Crippen molar-refractivity contribution in [1.29, 1.82) is 0 Å². The lowest BCUT2D eigenvalue weighted by molar-refractivity contribution is -0.121. The molecule has 0 spiro atoms. The summed E-state index contributed by atoms with van der Waals surface area (Å²) >= 11 is 0. The van der Waals surface area contributed by atoms with Gasteiger partial charge in [0.1, 0.15) is 0 Å². The fraction of sp³-hybridized carbons (Fsp3) is 0.308. The predicted octanol–water partition coefficient (Wildman–Crippen LogP) is 3.81. The summed E-state index contributed by atoms with van der Waals surface area (Å²) in [4.78, 5) is 40.0. The fourth-order valence-corrected chi connectivity index (χ4v) is 2.53. The lowest BCUT2D eigenvalue weighted by Gasteiger charge is -2.08. The van der Waals surface area contributed by atoms with E-state index in [9.17, 15) is 14.4 Å². The SMILES string of the molecule is C=C(/C=C\C(=C/C)C(N)=O)C(/C=C(\C(C)=O)C(=O)NCCc1ccc(C)cc1)=NC.CC. The molecule has 0 heterocycles. The van der Waals surface area contributed by atoms with Crippen LogP contribution in [0.5, 0.6) is 0 Å². The smallest absolute Gasteiger partial charge is 0.254 e. The number of hydrogen-bond donors (Lipinski definition) is 2. The Labute approximate surface area is 191 Å². The predicted molar refractivity (Wildman–Crippen MR) is 133 cm³/mol. The van der Waals surface area contributed by atoms with Crippen molar-refractivity contribution in [2.75, 3.05) is 13.6 Å². The zero-order valence-electron chi connectivity index (χ0n) is 20.0. The maximum Gasteiger partial charge on any atom is 0.254 e. The summed E-state index contributed by atoms with van der Waals surface area (Å²) in [5.74, 6) is -1.42. The largest absolute Gasteiger partial charge is 0.366 e. The molecule has 2 amide bonds. The number of nitrogens with one attached hydrogen (secondary N) is 1. The van der Waals surface area contributed by atoms with Crippen molar-refractivity contribution in [3.8, 4) is 0 Å². The number of aliphatic imine (C=N–C) groups is 1. The lowest BCUT2D eigenvalue weighted by atomic mass is 10.0. The van der Waals surface area contributed by atoms with Crippen LogP contribution in [0.4, 0.5) is 0 Å². The number of carbonyl (C=O) groups is 3. The maximum atomic E-state index is 12.5. The van der Waals surface area contributed by atoms with Crippen LogP contribution < -0.4 is 11.1 Å². The van der Waals surface area contributed by atoms with Gasteiger partial charge in [0.15, 0.2) is 5.78 Å². The number of hydrogen-bond acceptors (Lipinski definition) is 4. The molecular formula is C26H35N3O3. The van der Waals surface area contributed by atoms with Gasteiger partial charge in [0.05, 0.1) is 11.3 Å². The van der Waals surface area contributed by atoms with Gasteiger partial charge in [-0.1, -0.05) is 62.4 Å². The summed E-state index contributed by atoms with van der Waals surface area (Å²) in [7, 11) is 1.53. The van der Waals surface area contributed by atoms with Crippen LogP contribution in [0.15, 0.2) is 76.9 Å². The van der Waals surface area contributed by atoms with Crippen LogP contribution in [-0.4, -0.2) is 36.9 Å². The van der Waals surface area contributed by atoms with Crippen LogP contribution in [0.1, 0.15) is 38.8 Å². The fourth-order valence-electron chi connectivity index (χ4n) is 2.53. The summed E-state index contributed by atoms with van der Waals surface area (Å²) in [5.41, 5.74) is 8.62. The van der Waals surface area contributed by atoms with E-state index in [0.717, 1.165) is 5.56 Å². The van der Waals surface area contributed by atoms with Gasteiger partial charge in [-0.3, -0.25) is 19.4 Å². The lowest BCUT2D eigenvalue weighted by Crippen LogP contribution is -2.30. The molecule has 0 aliphatic carbocycles. The van der Waals surface area contributed by atoms with E-state index < -0.39 is 11.8 Å². The van der Waals surface area contributed by atoms with Crippen molar-refractivity contribution in [2.24, 2.45) is 10.7 Å². The summed E-state index contributed by atoms with van der Waals surface area (Å²) in [6.07, 6.45) is 6.70. The van der Waals surface area contributed by atoms with Crippen LogP contribution in [-0.2, 0) is 20.8 Å². The molecule has 1 rings (SSSR count). The molecule has 0 fully saturated rings. The minimum absolute atomic E-state index is 0.0183. The second-order valence-electron chi connectivity index (χ2n) is 6.68. The van der Waals surface area contributed by atoms with Crippen molar-refractivity contribution < 1.29 is 14.4 Å². The summed E-state index contributed by atoms with van der Waals surface area (Å²) < 4.78 is 0. The van der Waals surface area contributed by atoms with E-state index >= 15 is 0 Å². The first-order valence-electron chi connectivity index (χ1n) is 10.6. The molecule has 6 nitrogen and oxygen atoms in total. The molecule has 0 saturated heterocycles. The van der Waals surface area contributed by atoms with Gasteiger partial charge < -0.3 is 11.1 Å². The molecular weight excluding hydrogens is 402 g/mol. The zero-order chi connectivity index (χ0) is 24.7. The highest BCUT2D eigenvalue weighted by Crippen LogP contribution is 2.08. The zero-order valence-corrected chi connectivity index (χ0v) is 20.0. The molecule has 0 bridgehead atoms. The molecule has 172 valence electrons. The molecule has 6 heteroatoms. The molecule has 0 saturated carbocycles. The van der Waals surface area contributed by atoms with Crippen molar-refractivity contribution in [1.82, 2.24) is 5.32 Å². The number of benzene rings is 1. The first-order valence-corrected chi connectivity index (χ1v) is 10.6. The Morgan fingerprint density at radius 2 is 1.72 bits per heavy atom. The van der Waals surface area contributed by atoms with Gasteiger partial charge in [0.2, 0.25) is 5.91 Å². The number of amides is 2. The van der Waals surface area contributed by atoms with Crippen LogP contribution in [0.2, 0.25) is 0 Å². The molecule has 1 aromatic rings. The van der Waals surface area contributed by atoms with Crippen LogP contribution in [0, 0.1) is 6.92 Å². The number of rotatable bonds is 10. The van der Waals surface area contributed by atoms with Crippen LogP contribution >= 0.6 is 0 Å². The van der Waals surface area contributed by atoms with E-state index in [1.807, 2.05) is 45.0 Å². The van der Waals surface area contributed by atoms with Gasteiger partial charge in [-0.2, -0.15) is 0 Å². The quantitative estimate of drug-likeness (QED) is 0.191. The Balaban J connectivity index is 0.00000466. The van der Waals surface area contributed by atoms with Crippen LogP contribution in [0.3, 0.4) is 0 Å². The number of Topliss-reactive ketones (excluding diaryl/α,β-unsaturated/α-hetero) is 1.